The number of ether oxygens (including phenoxy) is 1. The third kappa shape index (κ3) is 5.06. The van der Waals surface area contributed by atoms with Crippen molar-refractivity contribution in [3.8, 4) is 5.75 Å². The highest BCUT2D eigenvalue weighted by atomic mass is 17.0. The Balaban J connectivity index is 1.99. The van der Waals surface area contributed by atoms with E-state index in [1.165, 1.54) is 12.0 Å². The lowest BCUT2D eigenvalue weighted by atomic mass is 9.90. The fourth-order valence-electron chi connectivity index (χ4n) is 3.94. The first kappa shape index (κ1) is 24.0. The van der Waals surface area contributed by atoms with Gasteiger partial charge in [-0.05, 0) is 29.2 Å². The summed E-state index contributed by atoms with van der Waals surface area (Å²) in [5, 5.41) is 21.9. The van der Waals surface area contributed by atoms with E-state index in [4.69, 9.17) is 9.57 Å². The van der Waals surface area contributed by atoms with Gasteiger partial charge in [-0.2, -0.15) is 0 Å². The summed E-state index contributed by atoms with van der Waals surface area (Å²) < 4.78 is 5.13. The molecule has 33 heavy (non-hydrogen) atoms. The van der Waals surface area contributed by atoms with Gasteiger partial charge in [-0.3, -0.25) is 14.5 Å². The van der Waals surface area contributed by atoms with E-state index < -0.39 is 34.6 Å². The van der Waals surface area contributed by atoms with Crippen LogP contribution in [0.1, 0.15) is 25.0 Å². The molecule has 1 fully saturated rings. The van der Waals surface area contributed by atoms with Gasteiger partial charge < -0.3 is 19.6 Å². The molecule has 0 aliphatic carbocycles. The smallest absolute Gasteiger partial charge is 0.294 e. The highest BCUT2D eigenvalue weighted by Gasteiger charge is 2.58. The van der Waals surface area contributed by atoms with Crippen molar-refractivity contribution in [2.75, 3.05) is 13.7 Å². The van der Waals surface area contributed by atoms with E-state index in [-0.39, 0.29) is 19.6 Å². The summed E-state index contributed by atoms with van der Waals surface area (Å²) in [6, 6.07) is 15.7. The summed E-state index contributed by atoms with van der Waals surface area (Å²) in [6.07, 6.45) is -1.59. The number of piperazine rings is 1. The molecule has 176 valence electrons. The van der Waals surface area contributed by atoms with E-state index in [9.17, 15) is 24.8 Å². The number of methoxy groups -OCH3 is 1. The second kappa shape index (κ2) is 9.86. The highest BCUT2D eigenvalue weighted by Crippen LogP contribution is 2.33. The summed E-state index contributed by atoms with van der Waals surface area (Å²) >= 11 is 0. The molecule has 1 saturated heterocycles. The van der Waals surface area contributed by atoms with Crippen LogP contribution < -0.4 is 4.74 Å². The Kier molecular flexibility index (Phi) is 7.17. The molecule has 2 unspecified atom stereocenters. The lowest BCUT2D eigenvalue weighted by Crippen LogP contribution is -2.73. The highest BCUT2D eigenvalue weighted by molar-refractivity contribution is 5.97. The Hall–Kier alpha value is -3.66. The molecule has 0 saturated carbocycles. The molecule has 10 heteroatoms. The summed E-state index contributed by atoms with van der Waals surface area (Å²) in [7, 11) is 1.53. The maximum atomic E-state index is 13.6. The molecule has 0 aromatic heterocycles. The number of carbonyl (C=O) groups excluding carboxylic acids is 2. The van der Waals surface area contributed by atoms with E-state index in [2.05, 4.69) is 0 Å². The first-order chi connectivity index (χ1) is 15.7. The summed E-state index contributed by atoms with van der Waals surface area (Å²) in [5.74, 6) is -1.41. The predicted molar refractivity (Wildman–Crippen MR) is 117 cm³/mol. The first-order valence-corrected chi connectivity index (χ1v) is 10.5. The number of nitrogens with zero attached hydrogens (tertiary/aromatic N) is 3. The number of hydrogen-bond donors (Lipinski definition) is 1. The number of amides is 2. The number of rotatable bonds is 9. The minimum Gasteiger partial charge on any atom is -0.497 e. The van der Waals surface area contributed by atoms with Gasteiger partial charge in [-0.1, -0.05) is 56.3 Å². The standard InChI is InChI=1S/C23H27N3O7/c1-16(2)21(33-26(30)31)23(29)22(28)24(13-18-9-11-19(32-3)12-10-18)15-20(27)25(23)14-17-7-5-4-6-8-17/h4-12,16,21,29H,13-15H2,1-3H3. The van der Waals surface area contributed by atoms with Crippen molar-refractivity contribution >= 4 is 11.8 Å². The fraction of sp³-hybridized carbons (Fsp3) is 0.391. The SMILES string of the molecule is COc1ccc(CN2CC(=O)N(Cc3ccccc3)C(O)(C(O[N+](=O)[O-])C(C)C)C2=O)cc1. The van der Waals surface area contributed by atoms with Gasteiger partial charge in [0.05, 0.1) is 7.11 Å². The number of benzene rings is 2. The molecule has 0 bridgehead atoms. The quantitative estimate of drug-likeness (QED) is 0.451. The third-order valence-corrected chi connectivity index (χ3v) is 5.56. The number of carbonyl (C=O) groups is 2. The molecule has 1 heterocycles. The molecular formula is C23H27N3O7. The Bertz CT molecular complexity index is 997. The fourth-order valence-corrected chi connectivity index (χ4v) is 3.94. The van der Waals surface area contributed by atoms with Gasteiger partial charge in [0.15, 0.2) is 6.10 Å². The molecular weight excluding hydrogens is 430 g/mol. The Morgan fingerprint density at radius 2 is 1.67 bits per heavy atom. The van der Waals surface area contributed by atoms with Gasteiger partial charge in [-0.15, -0.1) is 10.1 Å². The molecule has 2 atom stereocenters. The average Bonchev–Trinajstić information content (AvgIpc) is 2.79. The van der Waals surface area contributed by atoms with Crippen LogP contribution in [0.5, 0.6) is 5.75 Å². The van der Waals surface area contributed by atoms with Gasteiger partial charge >= 0.3 is 0 Å². The lowest BCUT2D eigenvalue weighted by Gasteiger charge is -2.49. The van der Waals surface area contributed by atoms with Crippen molar-refractivity contribution in [3.63, 3.8) is 0 Å². The zero-order valence-electron chi connectivity index (χ0n) is 18.7. The van der Waals surface area contributed by atoms with Gasteiger partial charge in [0.2, 0.25) is 11.6 Å². The summed E-state index contributed by atoms with van der Waals surface area (Å²) in [4.78, 5) is 45.0. The van der Waals surface area contributed by atoms with Crippen molar-refractivity contribution in [1.82, 2.24) is 9.80 Å². The van der Waals surface area contributed by atoms with Gasteiger partial charge in [0.25, 0.3) is 11.0 Å². The van der Waals surface area contributed by atoms with Crippen LogP contribution in [-0.4, -0.2) is 57.3 Å². The zero-order valence-corrected chi connectivity index (χ0v) is 18.7. The van der Waals surface area contributed by atoms with Crippen LogP contribution in [-0.2, 0) is 27.5 Å². The van der Waals surface area contributed by atoms with Crippen molar-refractivity contribution in [2.45, 2.75) is 38.8 Å². The maximum Gasteiger partial charge on any atom is 0.294 e. The molecule has 10 nitrogen and oxygen atoms in total. The Morgan fingerprint density at radius 3 is 2.21 bits per heavy atom. The third-order valence-electron chi connectivity index (χ3n) is 5.56. The predicted octanol–water partition coefficient (Wildman–Crippen LogP) is 1.99. The van der Waals surface area contributed by atoms with Crippen molar-refractivity contribution < 1.29 is 29.4 Å². The van der Waals surface area contributed by atoms with Crippen LogP contribution in [0, 0.1) is 16.0 Å². The van der Waals surface area contributed by atoms with Gasteiger partial charge in [0.1, 0.15) is 12.3 Å². The van der Waals surface area contributed by atoms with E-state index >= 15 is 0 Å². The minimum atomic E-state index is -2.57. The molecule has 2 aromatic carbocycles. The Labute approximate surface area is 191 Å². The Morgan fingerprint density at radius 1 is 1.06 bits per heavy atom. The van der Waals surface area contributed by atoms with Crippen LogP contribution in [0.15, 0.2) is 54.6 Å². The van der Waals surface area contributed by atoms with Crippen molar-refractivity contribution in [1.29, 1.82) is 0 Å². The van der Waals surface area contributed by atoms with E-state index in [1.807, 2.05) is 0 Å². The van der Waals surface area contributed by atoms with E-state index in [1.54, 1.807) is 68.4 Å². The van der Waals surface area contributed by atoms with Crippen LogP contribution >= 0.6 is 0 Å². The monoisotopic (exact) mass is 457 g/mol. The van der Waals surface area contributed by atoms with Crippen LogP contribution in [0.25, 0.3) is 0 Å². The maximum absolute atomic E-state index is 13.6. The van der Waals surface area contributed by atoms with E-state index in [0.29, 0.717) is 16.9 Å². The van der Waals surface area contributed by atoms with Crippen molar-refractivity contribution in [2.24, 2.45) is 5.92 Å². The molecule has 2 aromatic rings. The molecule has 3 rings (SSSR count). The van der Waals surface area contributed by atoms with Crippen LogP contribution in [0.3, 0.4) is 0 Å². The molecule has 0 spiro atoms. The second-order valence-electron chi connectivity index (χ2n) is 8.19. The van der Waals surface area contributed by atoms with Gasteiger partial charge in [-0.25, -0.2) is 0 Å². The second-order valence-corrected chi connectivity index (χ2v) is 8.19. The molecule has 0 radical (unpaired) electrons. The molecule has 1 aliphatic heterocycles. The first-order valence-electron chi connectivity index (χ1n) is 10.5. The average molecular weight is 457 g/mol. The topological polar surface area (TPSA) is 122 Å². The van der Waals surface area contributed by atoms with Crippen LogP contribution in [0.2, 0.25) is 0 Å². The lowest BCUT2D eigenvalue weighted by molar-refractivity contribution is -0.775. The summed E-state index contributed by atoms with van der Waals surface area (Å²) in [6.45, 7) is 2.78. The molecule has 2 amide bonds. The molecule has 1 N–H and O–H groups in total. The zero-order chi connectivity index (χ0) is 24.2. The van der Waals surface area contributed by atoms with Crippen molar-refractivity contribution in [3.05, 3.63) is 75.8 Å². The summed E-state index contributed by atoms with van der Waals surface area (Å²) in [5.41, 5.74) is -1.21. The molecule has 1 aliphatic rings. The van der Waals surface area contributed by atoms with Gasteiger partial charge in [0, 0.05) is 13.1 Å². The minimum absolute atomic E-state index is 0.0271. The van der Waals surface area contributed by atoms with E-state index in [0.717, 1.165) is 4.90 Å². The normalized spacial score (nSPS) is 19.5. The van der Waals surface area contributed by atoms with Crippen LogP contribution in [0.4, 0.5) is 0 Å². The largest absolute Gasteiger partial charge is 0.497 e. The number of hydrogen-bond acceptors (Lipinski definition) is 7. The number of aliphatic hydroxyl groups is 1.